The smallest absolute Gasteiger partial charge is 0.326 e. The maximum Gasteiger partial charge on any atom is 0.326 e. The van der Waals surface area contributed by atoms with Crippen molar-refractivity contribution in [1.29, 1.82) is 5.26 Å². The number of methoxy groups -OCH3 is 2. The Morgan fingerprint density at radius 2 is 1.49 bits per heavy atom. The first-order valence-electron chi connectivity index (χ1n) is 17.8. The summed E-state index contributed by atoms with van der Waals surface area (Å²) in [6.07, 6.45) is 0. The van der Waals surface area contributed by atoms with Crippen LogP contribution >= 0.6 is 23.2 Å². The van der Waals surface area contributed by atoms with E-state index in [9.17, 15) is 14.9 Å². The molecule has 0 radical (unpaired) electrons. The van der Waals surface area contributed by atoms with Crippen molar-refractivity contribution in [2.24, 2.45) is 4.99 Å². The highest BCUT2D eigenvalue weighted by molar-refractivity contribution is 6.30. The Morgan fingerprint density at radius 3 is 2.04 bits per heavy atom. The summed E-state index contributed by atoms with van der Waals surface area (Å²) < 4.78 is 16.6. The fourth-order valence-electron chi connectivity index (χ4n) is 6.59. The Hall–Kier alpha value is -4.18. The standard InChI is InChI=1S/C40H48Cl2N6O5/c1-6-53-34-25-30(40(2,3)27-43)11-16-33(34)38-44-36(28-7-12-31(41)13-8-28)37(29-9-14-32(42)15-10-29)48(38)39(50)47-19-17-45(18-20-47)26-35(49)46(21-23-51-4)22-24-52-5/h7-16,25,36-37H,6,17-24,26H2,1-5H3/t36-,37+/m0/s1. The van der Waals surface area contributed by atoms with Crippen LogP contribution in [0.5, 0.6) is 5.75 Å². The van der Waals surface area contributed by atoms with Gasteiger partial charge in [-0.2, -0.15) is 5.26 Å². The van der Waals surface area contributed by atoms with Crippen LogP contribution in [-0.4, -0.2) is 117 Å². The number of rotatable bonds is 14. The molecule has 1 saturated heterocycles. The summed E-state index contributed by atoms with van der Waals surface area (Å²) in [4.78, 5) is 41.0. The maximum absolute atomic E-state index is 15.0. The lowest BCUT2D eigenvalue weighted by atomic mass is 9.85. The lowest BCUT2D eigenvalue weighted by Gasteiger charge is -2.39. The highest BCUT2D eigenvalue weighted by Crippen LogP contribution is 2.46. The molecule has 3 aromatic carbocycles. The van der Waals surface area contributed by atoms with Crippen LogP contribution in [0, 0.1) is 11.3 Å². The number of urea groups is 1. The number of aliphatic imine (C=N–C) groups is 1. The molecular formula is C40H48Cl2N6O5. The van der Waals surface area contributed by atoms with E-state index >= 15 is 0 Å². The Kier molecular flexibility index (Phi) is 13.8. The van der Waals surface area contributed by atoms with E-state index in [1.54, 1.807) is 24.0 Å². The zero-order valence-corrected chi connectivity index (χ0v) is 32.6. The van der Waals surface area contributed by atoms with Crippen LogP contribution in [0.25, 0.3) is 0 Å². The molecular weight excluding hydrogens is 715 g/mol. The second kappa shape index (κ2) is 18.2. The molecule has 13 heteroatoms. The van der Waals surface area contributed by atoms with Gasteiger partial charge in [0.1, 0.15) is 17.6 Å². The fourth-order valence-corrected chi connectivity index (χ4v) is 6.85. The van der Waals surface area contributed by atoms with Crippen molar-refractivity contribution in [2.75, 3.05) is 79.9 Å². The van der Waals surface area contributed by atoms with Gasteiger partial charge in [0.2, 0.25) is 5.91 Å². The van der Waals surface area contributed by atoms with Gasteiger partial charge < -0.3 is 24.0 Å². The van der Waals surface area contributed by atoms with Gasteiger partial charge in [0.05, 0.1) is 49.5 Å². The zero-order valence-electron chi connectivity index (χ0n) is 31.1. The van der Waals surface area contributed by atoms with Gasteiger partial charge >= 0.3 is 6.03 Å². The molecule has 0 saturated carbocycles. The predicted molar refractivity (Wildman–Crippen MR) is 207 cm³/mol. The molecule has 0 bridgehead atoms. The van der Waals surface area contributed by atoms with Gasteiger partial charge in [-0.15, -0.1) is 0 Å². The Labute approximate surface area is 322 Å². The lowest BCUT2D eigenvalue weighted by Crippen LogP contribution is -2.55. The van der Waals surface area contributed by atoms with E-state index in [1.165, 1.54) is 0 Å². The summed E-state index contributed by atoms with van der Waals surface area (Å²) in [5.74, 6) is 0.989. The first kappa shape index (κ1) is 40.0. The number of hydrogen-bond donors (Lipinski definition) is 0. The normalized spacial score (nSPS) is 17.7. The van der Waals surface area contributed by atoms with E-state index in [0.717, 1.165) is 16.7 Å². The van der Waals surface area contributed by atoms with Crippen LogP contribution in [0.1, 0.15) is 55.1 Å². The van der Waals surface area contributed by atoms with Crippen molar-refractivity contribution in [2.45, 2.75) is 38.3 Å². The second-order valence-corrected chi connectivity index (χ2v) is 14.5. The van der Waals surface area contributed by atoms with Gasteiger partial charge in [-0.05, 0) is 73.9 Å². The van der Waals surface area contributed by atoms with Gasteiger partial charge in [-0.1, -0.05) is 53.5 Å². The largest absolute Gasteiger partial charge is 0.493 e. The van der Waals surface area contributed by atoms with Gasteiger partial charge in [-0.3, -0.25) is 19.6 Å². The van der Waals surface area contributed by atoms with Gasteiger partial charge in [0.25, 0.3) is 0 Å². The molecule has 0 unspecified atom stereocenters. The molecule has 1 fully saturated rings. The molecule has 2 aliphatic heterocycles. The Balaban J connectivity index is 1.51. The third-order valence-electron chi connectivity index (χ3n) is 9.70. The lowest BCUT2D eigenvalue weighted by molar-refractivity contribution is -0.134. The molecule has 11 nitrogen and oxygen atoms in total. The maximum atomic E-state index is 15.0. The molecule has 0 spiro atoms. The van der Waals surface area contributed by atoms with Crippen molar-refractivity contribution in [1.82, 2.24) is 19.6 Å². The third kappa shape index (κ3) is 9.50. The number of benzene rings is 3. The van der Waals surface area contributed by atoms with Gasteiger partial charge in [0, 0.05) is 63.5 Å². The second-order valence-electron chi connectivity index (χ2n) is 13.6. The Morgan fingerprint density at radius 1 is 0.906 bits per heavy atom. The molecule has 5 rings (SSSR count). The van der Waals surface area contributed by atoms with Crippen LogP contribution in [0.15, 0.2) is 71.7 Å². The summed E-state index contributed by atoms with van der Waals surface area (Å²) in [6.45, 7) is 9.94. The average Bonchev–Trinajstić information content (AvgIpc) is 3.55. The average molecular weight is 764 g/mol. The third-order valence-corrected chi connectivity index (χ3v) is 10.2. The summed E-state index contributed by atoms with van der Waals surface area (Å²) in [7, 11) is 3.23. The number of carbonyl (C=O) groups is 2. The zero-order chi connectivity index (χ0) is 38.1. The number of carbonyl (C=O) groups excluding carboxylic acids is 2. The van der Waals surface area contributed by atoms with E-state index in [4.69, 9.17) is 42.4 Å². The summed E-state index contributed by atoms with van der Waals surface area (Å²) in [5, 5.41) is 11.1. The molecule has 2 heterocycles. The highest BCUT2D eigenvalue weighted by Gasteiger charge is 2.45. The number of piperazine rings is 1. The number of amides is 3. The molecule has 2 atom stereocenters. The van der Waals surface area contributed by atoms with Crippen molar-refractivity contribution in [3.63, 3.8) is 0 Å². The van der Waals surface area contributed by atoms with Crippen LogP contribution in [0.3, 0.4) is 0 Å². The minimum absolute atomic E-state index is 0.00655. The predicted octanol–water partition coefficient (Wildman–Crippen LogP) is 6.60. The Bertz CT molecular complexity index is 1780. The van der Waals surface area contributed by atoms with E-state index in [1.807, 2.05) is 92.4 Å². The van der Waals surface area contributed by atoms with Crippen LogP contribution < -0.4 is 4.74 Å². The minimum atomic E-state index is -0.763. The topological polar surface area (TPSA) is 111 Å². The van der Waals surface area contributed by atoms with Crippen molar-refractivity contribution in [3.8, 4) is 11.8 Å². The molecule has 282 valence electrons. The van der Waals surface area contributed by atoms with Gasteiger partial charge in [-0.25, -0.2) is 4.79 Å². The molecule has 2 aliphatic rings. The summed E-state index contributed by atoms with van der Waals surface area (Å²) in [5.41, 5.74) is 2.42. The van der Waals surface area contributed by atoms with Crippen LogP contribution in [-0.2, 0) is 19.7 Å². The molecule has 3 amide bonds. The number of halogens is 2. The number of ether oxygens (including phenoxy) is 3. The van der Waals surface area contributed by atoms with E-state index < -0.39 is 17.5 Å². The van der Waals surface area contributed by atoms with Crippen molar-refractivity contribution in [3.05, 3.63) is 99.0 Å². The number of amidine groups is 1. The summed E-state index contributed by atoms with van der Waals surface area (Å²) >= 11 is 12.7. The first-order valence-corrected chi connectivity index (χ1v) is 18.6. The quantitative estimate of drug-likeness (QED) is 0.182. The van der Waals surface area contributed by atoms with Crippen molar-refractivity contribution < 1.29 is 23.8 Å². The molecule has 0 aromatic heterocycles. The highest BCUT2D eigenvalue weighted by atomic mass is 35.5. The summed E-state index contributed by atoms with van der Waals surface area (Å²) in [6, 6.07) is 21.8. The molecule has 3 aromatic rings. The van der Waals surface area contributed by atoms with Crippen molar-refractivity contribution >= 4 is 41.0 Å². The van der Waals surface area contributed by atoms with Crippen LogP contribution in [0.2, 0.25) is 10.0 Å². The first-order chi connectivity index (χ1) is 25.5. The molecule has 0 aliphatic carbocycles. The number of nitriles is 1. The minimum Gasteiger partial charge on any atom is -0.493 e. The van der Waals surface area contributed by atoms with Crippen LogP contribution in [0.4, 0.5) is 4.79 Å². The van der Waals surface area contributed by atoms with E-state index in [2.05, 4.69) is 11.0 Å². The SMILES string of the molecule is CCOc1cc(C(C)(C)C#N)ccc1C1=N[C@@H](c2ccc(Cl)cc2)[C@@H](c2ccc(Cl)cc2)N1C(=O)N1CCN(CC(=O)N(CCOC)CCOC)CC1. The van der Waals surface area contributed by atoms with Gasteiger partial charge in [0.15, 0.2) is 0 Å². The van der Waals surface area contributed by atoms with E-state index in [0.29, 0.717) is 86.3 Å². The monoisotopic (exact) mass is 762 g/mol. The molecule has 53 heavy (non-hydrogen) atoms. The molecule has 0 N–H and O–H groups in total. The fraction of sp³-hybridized carbons (Fsp3) is 0.450. The number of hydrogen-bond acceptors (Lipinski definition) is 8. The number of nitrogens with zero attached hydrogens (tertiary/aromatic N) is 6. The van der Waals surface area contributed by atoms with E-state index in [-0.39, 0.29) is 18.5 Å².